The van der Waals surface area contributed by atoms with Crippen LogP contribution in [0.5, 0.6) is 11.5 Å². The van der Waals surface area contributed by atoms with Crippen LogP contribution in [-0.4, -0.2) is 67.6 Å². The maximum Gasteiger partial charge on any atom is 0.214 e. The minimum absolute atomic E-state index is 0.00893. The lowest BCUT2D eigenvalue weighted by Gasteiger charge is -2.23. The molecule has 8 nitrogen and oxygen atoms in total. The van der Waals surface area contributed by atoms with Crippen molar-refractivity contribution < 1.29 is 23.0 Å². The normalized spacial score (nSPS) is 20.6. The second-order valence-electron chi connectivity index (χ2n) is 6.47. The van der Waals surface area contributed by atoms with Crippen LogP contribution < -0.4 is 4.74 Å². The number of phenols is 1. The van der Waals surface area contributed by atoms with E-state index >= 15 is 0 Å². The Kier molecular flexibility index (Phi) is 5.22. The van der Waals surface area contributed by atoms with Crippen LogP contribution in [0.4, 0.5) is 0 Å². The van der Waals surface area contributed by atoms with Crippen molar-refractivity contribution in [2.75, 3.05) is 40.2 Å². The fraction of sp³-hybridized carbons (Fsp3) is 0.471. The number of rotatable bonds is 6. The molecule has 2 atom stereocenters. The molecule has 2 aromatic rings. The zero-order valence-corrected chi connectivity index (χ0v) is 15.8. The first kappa shape index (κ1) is 18.7. The fourth-order valence-electron chi connectivity index (χ4n) is 3.13. The Labute approximate surface area is 153 Å². The summed E-state index contributed by atoms with van der Waals surface area (Å²) in [6, 6.07) is 4.67. The summed E-state index contributed by atoms with van der Waals surface area (Å²) in [4.78, 5) is 4.42. The zero-order chi connectivity index (χ0) is 18.9. The molecule has 0 unspecified atom stereocenters. The number of imidazole rings is 1. The van der Waals surface area contributed by atoms with Crippen molar-refractivity contribution in [3.8, 4) is 22.9 Å². The van der Waals surface area contributed by atoms with E-state index in [0.717, 1.165) is 5.56 Å². The van der Waals surface area contributed by atoms with E-state index in [1.807, 2.05) is 10.8 Å². The van der Waals surface area contributed by atoms with Gasteiger partial charge in [-0.25, -0.2) is 17.7 Å². The average molecular weight is 381 g/mol. The number of aromatic hydroxyl groups is 1. The highest BCUT2D eigenvalue weighted by Gasteiger charge is 2.35. The third-order valence-corrected chi connectivity index (χ3v) is 6.56. The molecule has 1 aliphatic heterocycles. The molecule has 0 bridgehead atoms. The molecule has 1 N–H and O–H groups in total. The molecule has 0 saturated carbocycles. The monoisotopic (exact) mass is 381 g/mol. The SMILES string of the molecule is COc1cc(O)ccc1-c1nccn1[C@@H]1COC[C@@H]1CS(=O)(=O)N(C)C. The Morgan fingerprint density at radius 2 is 2.15 bits per heavy atom. The first-order valence-corrected chi connectivity index (χ1v) is 9.82. The number of hydrogen-bond donors (Lipinski definition) is 1. The number of phenolic OH excluding ortho intramolecular Hbond substituents is 1. The molecule has 0 spiro atoms. The van der Waals surface area contributed by atoms with Crippen molar-refractivity contribution in [1.82, 2.24) is 13.9 Å². The van der Waals surface area contributed by atoms with Gasteiger partial charge in [0.1, 0.15) is 17.3 Å². The molecule has 142 valence electrons. The van der Waals surface area contributed by atoms with Gasteiger partial charge in [0.05, 0.1) is 37.7 Å². The summed E-state index contributed by atoms with van der Waals surface area (Å²) in [6.45, 7) is 0.791. The summed E-state index contributed by atoms with van der Waals surface area (Å²) in [5, 5.41) is 9.67. The zero-order valence-electron chi connectivity index (χ0n) is 15.0. The first-order valence-electron chi connectivity index (χ1n) is 8.21. The van der Waals surface area contributed by atoms with E-state index in [-0.39, 0.29) is 23.5 Å². The van der Waals surface area contributed by atoms with E-state index in [9.17, 15) is 13.5 Å². The van der Waals surface area contributed by atoms with Gasteiger partial charge in [-0.15, -0.1) is 0 Å². The molecule has 1 aromatic heterocycles. The van der Waals surface area contributed by atoms with E-state index in [0.29, 0.717) is 24.8 Å². The van der Waals surface area contributed by atoms with Crippen LogP contribution in [-0.2, 0) is 14.8 Å². The van der Waals surface area contributed by atoms with Crippen molar-refractivity contribution in [2.45, 2.75) is 6.04 Å². The Bertz CT molecular complexity index is 878. The second-order valence-corrected chi connectivity index (χ2v) is 8.70. The molecule has 9 heteroatoms. The standard InChI is InChI=1S/C17H23N3O5S/c1-19(2)26(22,23)11-12-9-25-10-15(12)20-7-6-18-17(20)14-5-4-13(21)8-16(14)24-3/h4-8,12,15,21H,9-11H2,1-3H3/t12-,15-/m1/s1. The van der Waals surface area contributed by atoms with Gasteiger partial charge in [0.25, 0.3) is 0 Å². The minimum Gasteiger partial charge on any atom is -0.508 e. The molecule has 1 fully saturated rings. The maximum absolute atomic E-state index is 12.3. The molecule has 1 aliphatic rings. The molecule has 1 saturated heterocycles. The average Bonchev–Trinajstić information content (AvgIpc) is 3.22. The van der Waals surface area contributed by atoms with Crippen molar-refractivity contribution in [3.63, 3.8) is 0 Å². The summed E-state index contributed by atoms with van der Waals surface area (Å²) in [6.07, 6.45) is 3.48. The van der Waals surface area contributed by atoms with Crippen LogP contribution in [0, 0.1) is 5.92 Å². The van der Waals surface area contributed by atoms with Gasteiger partial charge in [-0.3, -0.25) is 0 Å². The van der Waals surface area contributed by atoms with Crippen LogP contribution >= 0.6 is 0 Å². The van der Waals surface area contributed by atoms with E-state index in [4.69, 9.17) is 9.47 Å². The quantitative estimate of drug-likeness (QED) is 0.812. The van der Waals surface area contributed by atoms with Gasteiger partial charge in [-0.1, -0.05) is 0 Å². The van der Waals surface area contributed by atoms with Gasteiger partial charge < -0.3 is 19.1 Å². The first-order chi connectivity index (χ1) is 12.3. The third-order valence-electron chi connectivity index (χ3n) is 4.60. The topological polar surface area (TPSA) is 93.9 Å². The highest BCUT2D eigenvalue weighted by molar-refractivity contribution is 7.89. The maximum atomic E-state index is 12.3. The number of aromatic nitrogens is 2. The molecule has 2 heterocycles. The number of sulfonamides is 1. The number of ether oxygens (including phenoxy) is 2. The lowest BCUT2D eigenvalue weighted by molar-refractivity contribution is 0.182. The molecule has 0 amide bonds. The lowest BCUT2D eigenvalue weighted by Crippen LogP contribution is -2.32. The third kappa shape index (κ3) is 3.55. The Balaban J connectivity index is 1.95. The summed E-state index contributed by atoms with van der Waals surface area (Å²) >= 11 is 0. The molecular weight excluding hydrogens is 358 g/mol. The summed E-state index contributed by atoms with van der Waals surface area (Å²) in [5.41, 5.74) is 0.719. The minimum atomic E-state index is -3.34. The van der Waals surface area contributed by atoms with Crippen LogP contribution in [0.1, 0.15) is 6.04 Å². The van der Waals surface area contributed by atoms with Gasteiger partial charge in [-0.2, -0.15) is 0 Å². The molecule has 0 radical (unpaired) electrons. The van der Waals surface area contributed by atoms with E-state index in [2.05, 4.69) is 4.98 Å². The summed E-state index contributed by atoms with van der Waals surface area (Å²) in [7, 11) is 1.25. The van der Waals surface area contributed by atoms with E-state index < -0.39 is 10.0 Å². The van der Waals surface area contributed by atoms with Gasteiger partial charge in [0, 0.05) is 38.5 Å². The number of hydrogen-bond acceptors (Lipinski definition) is 6. The number of benzene rings is 1. The van der Waals surface area contributed by atoms with Crippen LogP contribution in [0.2, 0.25) is 0 Å². The summed E-state index contributed by atoms with van der Waals surface area (Å²) in [5.74, 6) is 1.06. The van der Waals surface area contributed by atoms with Crippen molar-refractivity contribution in [1.29, 1.82) is 0 Å². The largest absolute Gasteiger partial charge is 0.508 e. The lowest BCUT2D eigenvalue weighted by atomic mass is 10.1. The number of methoxy groups -OCH3 is 1. The van der Waals surface area contributed by atoms with E-state index in [1.54, 1.807) is 18.3 Å². The Morgan fingerprint density at radius 1 is 1.38 bits per heavy atom. The fourth-order valence-corrected chi connectivity index (χ4v) is 4.29. The highest BCUT2D eigenvalue weighted by Crippen LogP contribution is 2.36. The van der Waals surface area contributed by atoms with Gasteiger partial charge in [-0.05, 0) is 12.1 Å². The molecule has 1 aromatic carbocycles. The van der Waals surface area contributed by atoms with Gasteiger partial charge in [0.15, 0.2) is 0 Å². The van der Waals surface area contributed by atoms with E-state index in [1.165, 1.54) is 31.6 Å². The van der Waals surface area contributed by atoms with Gasteiger partial charge in [0.2, 0.25) is 10.0 Å². The Hall–Kier alpha value is -2.10. The van der Waals surface area contributed by atoms with Crippen molar-refractivity contribution in [3.05, 3.63) is 30.6 Å². The molecule has 26 heavy (non-hydrogen) atoms. The highest BCUT2D eigenvalue weighted by atomic mass is 32.2. The molecule has 3 rings (SSSR count). The van der Waals surface area contributed by atoms with Crippen molar-refractivity contribution >= 4 is 10.0 Å². The summed E-state index contributed by atoms with van der Waals surface area (Å²) < 4.78 is 38.7. The molecular formula is C17H23N3O5S. The smallest absolute Gasteiger partial charge is 0.214 e. The van der Waals surface area contributed by atoms with Crippen LogP contribution in [0.25, 0.3) is 11.4 Å². The van der Waals surface area contributed by atoms with Crippen LogP contribution in [0.15, 0.2) is 30.6 Å². The molecule has 0 aliphatic carbocycles. The van der Waals surface area contributed by atoms with Crippen LogP contribution in [0.3, 0.4) is 0 Å². The van der Waals surface area contributed by atoms with Gasteiger partial charge >= 0.3 is 0 Å². The predicted molar refractivity (Wildman–Crippen MR) is 96.7 cm³/mol. The second kappa shape index (κ2) is 7.26. The Morgan fingerprint density at radius 3 is 2.85 bits per heavy atom. The van der Waals surface area contributed by atoms with Crippen molar-refractivity contribution in [2.24, 2.45) is 5.92 Å². The number of nitrogens with zero attached hydrogens (tertiary/aromatic N) is 3. The predicted octanol–water partition coefficient (Wildman–Crippen LogP) is 1.34.